The first-order chi connectivity index (χ1) is 13.1. The molecule has 0 spiro atoms. The average Bonchev–Trinajstić information content (AvgIpc) is 3.01. The van der Waals surface area contributed by atoms with Crippen LogP contribution < -0.4 is 14.9 Å². The van der Waals surface area contributed by atoms with Gasteiger partial charge in [0, 0.05) is 12.1 Å². The summed E-state index contributed by atoms with van der Waals surface area (Å²) in [6.07, 6.45) is 1.55. The highest BCUT2D eigenvalue weighted by Gasteiger charge is 2.10. The number of aryl methyl sites for hydroxylation is 2. The number of ether oxygens (including phenoxy) is 2. The molecule has 140 valence electrons. The Kier molecular flexibility index (Phi) is 5.40. The number of carbonyl (C=O) groups is 1. The van der Waals surface area contributed by atoms with E-state index in [0.29, 0.717) is 17.1 Å². The third-order valence-electron chi connectivity index (χ3n) is 4.30. The number of nitrogens with one attached hydrogen (secondary N) is 1. The van der Waals surface area contributed by atoms with E-state index in [9.17, 15) is 4.79 Å². The average molecular weight is 366 g/mol. The van der Waals surface area contributed by atoms with Gasteiger partial charge in [0.25, 0.3) is 5.91 Å². The van der Waals surface area contributed by atoms with Crippen LogP contribution in [0.2, 0.25) is 0 Å². The molecule has 3 aromatic rings. The number of hydrazone groups is 1. The Morgan fingerprint density at radius 2 is 1.96 bits per heavy atom. The van der Waals surface area contributed by atoms with Crippen molar-refractivity contribution in [2.75, 3.05) is 14.2 Å². The van der Waals surface area contributed by atoms with Crippen LogP contribution in [0.3, 0.4) is 0 Å². The fraction of sp³-hybridized carbons (Fsp3) is 0.250. The van der Waals surface area contributed by atoms with Gasteiger partial charge in [-0.05, 0) is 55.8 Å². The van der Waals surface area contributed by atoms with Crippen LogP contribution in [-0.4, -0.2) is 35.9 Å². The Morgan fingerprint density at radius 3 is 2.67 bits per heavy atom. The molecule has 1 N–H and O–H groups in total. The van der Waals surface area contributed by atoms with Gasteiger partial charge >= 0.3 is 0 Å². The molecule has 1 heterocycles. The fourth-order valence-electron chi connectivity index (χ4n) is 2.95. The largest absolute Gasteiger partial charge is 0.493 e. The normalized spacial score (nSPS) is 11.1. The SMILES string of the molecule is CCn1c(C)nc2cc(C(=O)NN=Cc3ccc(OC)c(OC)c3)ccc21. The Hall–Kier alpha value is -3.35. The van der Waals surface area contributed by atoms with Crippen molar-refractivity contribution >= 4 is 23.2 Å². The summed E-state index contributed by atoms with van der Waals surface area (Å²) in [6.45, 7) is 4.86. The molecule has 2 aromatic carbocycles. The zero-order valence-corrected chi connectivity index (χ0v) is 15.8. The van der Waals surface area contributed by atoms with E-state index in [4.69, 9.17) is 9.47 Å². The molecule has 7 heteroatoms. The van der Waals surface area contributed by atoms with E-state index >= 15 is 0 Å². The summed E-state index contributed by atoms with van der Waals surface area (Å²) in [6, 6.07) is 10.8. The van der Waals surface area contributed by atoms with Crippen LogP contribution in [0.1, 0.15) is 28.7 Å². The minimum Gasteiger partial charge on any atom is -0.493 e. The van der Waals surface area contributed by atoms with Crippen LogP contribution in [-0.2, 0) is 6.54 Å². The molecular weight excluding hydrogens is 344 g/mol. The first kappa shape index (κ1) is 18.4. The first-order valence-corrected chi connectivity index (χ1v) is 8.59. The van der Waals surface area contributed by atoms with E-state index in [0.717, 1.165) is 29.0 Å². The van der Waals surface area contributed by atoms with E-state index in [2.05, 4.69) is 27.0 Å². The number of hydrogen-bond acceptors (Lipinski definition) is 5. The van der Waals surface area contributed by atoms with E-state index < -0.39 is 0 Å². The number of amides is 1. The van der Waals surface area contributed by atoms with Crippen molar-refractivity contribution in [2.24, 2.45) is 5.10 Å². The van der Waals surface area contributed by atoms with Crippen molar-refractivity contribution in [3.05, 3.63) is 53.3 Å². The number of benzene rings is 2. The highest BCUT2D eigenvalue weighted by atomic mass is 16.5. The first-order valence-electron chi connectivity index (χ1n) is 8.59. The van der Waals surface area contributed by atoms with Gasteiger partial charge in [-0.2, -0.15) is 5.10 Å². The second kappa shape index (κ2) is 7.90. The number of fused-ring (bicyclic) bond motifs is 1. The highest BCUT2D eigenvalue weighted by molar-refractivity contribution is 5.98. The molecule has 0 aliphatic carbocycles. The fourth-order valence-corrected chi connectivity index (χ4v) is 2.95. The molecule has 1 amide bonds. The lowest BCUT2D eigenvalue weighted by Crippen LogP contribution is -2.17. The number of rotatable bonds is 6. The van der Waals surface area contributed by atoms with Crippen molar-refractivity contribution < 1.29 is 14.3 Å². The number of methoxy groups -OCH3 is 2. The second-order valence-corrected chi connectivity index (χ2v) is 5.92. The molecule has 0 fully saturated rings. The van der Waals surface area contributed by atoms with E-state index in [-0.39, 0.29) is 5.91 Å². The third kappa shape index (κ3) is 3.76. The summed E-state index contributed by atoms with van der Waals surface area (Å²) in [4.78, 5) is 16.9. The molecule has 27 heavy (non-hydrogen) atoms. The lowest BCUT2D eigenvalue weighted by Gasteiger charge is -2.07. The smallest absolute Gasteiger partial charge is 0.271 e. The molecule has 0 unspecified atom stereocenters. The number of nitrogens with zero attached hydrogens (tertiary/aromatic N) is 3. The van der Waals surface area contributed by atoms with Gasteiger partial charge in [-0.25, -0.2) is 10.4 Å². The number of hydrogen-bond donors (Lipinski definition) is 1. The van der Waals surface area contributed by atoms with Crippen LogP contribution >= 0.6 is 0 Å². The van der Waals surface area contributed by atoms with Gasteiger partial charge in [0.1, 0.15) is 5.82 Å². The molecule has 1 aromatic heterocycles. The number of carbonyl (C=O) groups excluding carboxylic acids is 1. The predicted molar refractivity (Wildman–Crippen MR) is 105 cm³/mol. The maximum absolute atomic E-state index is 12.4. The van der Waals surface area contributed by atoms with Crippen LogP contribution in [0, 0.1) is 6.92 Å². The quantitative estimate of drug-likeness (QED) is 0.537. The van der Waals surface area contributed by atoms with Gasteiger partial charge in [0.05, 0.1) is 31.5 Å². The van der Waals surface area contributed by atoms with E-state index in [1.807, 2.05) is 19.1 Å². The lowest BCUT2D eigenvalue weighted by molar-refractivity contribution is 0.0955. The van der Waals surface area contributed by atoms with Crippen molar-refractivity contribution in [3.8, 4) is 11.5 Å². The van der Waals surface area contributed by atoms with Crippen LogP contribution in [0.4, 0.5) is 0 Å². The van der Waals surface area contributed by atoms with Gasteiger partial charge in [-0.1, -0.05) is 0 Å². The number of imidazole rings is 1. The summed E-state index contributed by atoms with van der Waals surface area (Å²) in [7, 11) is 3.14. The summed E-state index contributed by atoms with van der Waals surface area (Å²) in [5.74, 6) is 1.86. The van der Waals surface area contributed by atoms with E-state index in [1.54, 1.807) is 44.7 Å². The van der Waals surface area contributed by atoms with Crippen molar-refractivity contribution in [1.29, 1.82) is 0 Å². The Bertz CT molecular complexity index is 1010. The summed E-state index contributed by atoms with van der Waals surface area (Å²) in [5.41, 5.74) is 5.63. The van der Waals surface area contributed by atoms with Crippen molar-refractivity contribution in [1.82, 2.24) is 15.0 Å². The third-order valence-corrected chi connectivity index (χ3v) is 4.30. The molecule has 0 bridgehead atoms. The monoisotopic (exact) mass is 366 g/mol. The molecule has 0 saturated heterocycles. The molecule has 0 aliphatic rings. The molecule has 7 nitrogen and oxygen atoms in total. The molecule has 0 aliphatic heterocycles. The van der Waals surface area contributed by atoms with Crippen LogP contribution in [0.5, 0.6) is 11.5 Å². The van der Waals surface area contributed by atoms with Gasteiger partial charge < -0.3 is 14.0 Å². The molecule has 0 atom stereocenters. The predicted octanol–water partition coefficient (Wildman–Crippen LogP) is 3.15. The lowest BCUT2D eigenvalue weighted by atomic mass is 10.2. The van der Waals surface area contributed by atoms with Crippen LogP contribution in [0.15, 0.2) is 41.5 Å². The highest BCUT2D eigenvalue weighted by Crippen LogP contribution is 2.26. The maximum Gasteiger partial charge on any atom is 0.271 e. The Morgan fingerprint density at radius 1 is 1.19 bits per heavy atom. The Balaban J connectivity index is 1.74. The van der Waals surface area contributed by atoms with Gasteiger partial charge in [-0.15, -0.1) is 0 Å². The topological polar surface area (TPSA) is 77.7 Å². The van der Waals surface area contributed by atoms with Gasteiger partial charge in [0.15, 0.2) is 11.5 Å². The number of aromatic nitrogens is 2. The molecular formula is C20H22N4O3. The van der Waals surface area contributed by atoms with Crippen molar-refractivity contribution in [2.45, 2.75) is 20.4 Å². The maximum atomic E-state index is 12.4. The molecule has 0 radical (unpaired) electrons. The minimum atomic E-state index is -0.294. The van der Waals surface area contributed by atoms with Gasteiger partial charge in [0.2, 0.25) is 0 Å². The summed E-state index contributed by atoms with van der Waals surface area (Å²) < 4.78 is 12.6. The Labute approximate surface area is 157 Å². The summed E-state index contributed by atoms with van der Waals surface area (Å²) in [5, 5.41) is 4.02. The minimum absolute atomic E-state index is 0.294. The molecule has 0 saturated carbocycles. The second-order valence-electron chi connectivity index (χ2n) is 5.92. The van der Waals surface area contributed by atoms with Crippen LogP contribution in [0.25, 0.3) is 11.0 Å². The zero-order valence-electron chi connectivity index (χ0n) is 15.8. The standard InChI is InChI=1S/C20H22N4O3/c1-5-24-13(2)22-16-11-15(7-8-17(16)24)20(25)23-21-12-14-6-9-18(26-3)19(10-14)27-4/h6-12H,5H2,1-4H3,(H,23,25). The summed E-state index contributed by atoms with van der Waals surface area (Å²) >= 11 is 0. The van der Waals surface area contributed by atoms with E-state index in [1.165, 1.54) is 0 Å². The molecule has 3 rings (SSSR count). The zero-order chi connectivity index (χ0) is 19.4. The van der Waals surface area contributed by atoms with Gasteiger partial charge in [-0.3, -0.25) is 4.79 Å². The van der Waals surface area contributed by atoms with Crippen molar-refractivity contribution in [3.63, 3.8) is 0 Å².